The normalized spacial score (nSPS) is 15.8. The van der Waals surface area contributed by atoms with Crippen LogP contribution < -0.4 is 5.56 Å². The van der Waals surface area contributed by atoms with Crippen LogP contribution in [0.15, 0.2) is 45.4 Å². The molecule has 0 spiro atoms. The van der Waals surface area contributed by atoms with Gasteiger partial charge in [-0.15, -0.1) is 11.3 Å². The summed E-state index contributed by atoms with van der Waals surface area (Å²) in [5, 5.41) is 14.3. The van der Waals surface area contributed by atoms with Gasteiger partial charge in [-0.3, -0.25) is 9.00 Å². The van der Waals surface area contributed by atoms with Gasteiger partial charge in [0, 0.05) is 22.4 Å². The summed E-state index contributed by atoms with van der Waals surface area (Å²) >= 11 is 7.13. The van der Waals surface area contributed by atoms with E-state index in [-0.39, 0.29) is 5.56 Å². The Hall–Kier alpha value is -2.27. The van der Waals surface area contributed by atoms with E-state index in [0.717, 1.165) is 5.56 Å². The van der Waals surface area contributed by atoms with Gasteiger partial charge in [0.15, 0.2) is 0 Å². The zero-order valence-electron chi connectivity index (χ0n) is 12.7. The lowest BCUT2D eigenvalue weighted by Crippen LogP contribution is -2.22. The van der Waals surface area contributed by atoms with Gasteiger partial charge >= 0.3 is 0 Å². The van der Waals surface area contributed by atoms with Crippen LogP contribution in [0.25, 0.3) is 16.9 Å². The van der Waals surface area contributed by atoms with Crippen molar-refractivity contribution in [2.75, 3.05) is 5.75 Å². The number of hydrogen-bond donors (Lipinski definition) is 0. The topological polar surface area (TPSA) is 75.8 Å². The Bertz CT molecular complexity index is 1110. The van der Waals surface area contributed by atoms with E-state index >= 15 is 0 Å². The Morgan fingerprint density at radius 2 is 2.04 bits per heavy atom. The third kappa shape index (κ3) is 2.82. The Labute approximate surface area is 154 Å². The summed E-state index contributed by atoms with van der Waals surface area (Å²) in [4.78, 5) is 13.0. The van der Waals surface area contributed by atoms with Gasteiger partial charge in [-0.25, -0.2) is 0 Å². The molecule has 3 aromatic rings. The maximum atomic E-state index is 12.5. The van der Waals surface area contributed by atoms with Gasteiger partial charge in [-0.2, -0.15) is 15.0 Å². The lowest BCUT2D eigenvalue weighted by atomic mass is 10.1. The first-order valence-corrected chi connectivity index (χ1v) is 9.90. The van der Waals surface area contributed by atoms with Crippen molar-refractivity contribution in [3.05, 3.63) is 62.2 Å². The van der Waals surface area contributed by atoms with Crippen LogP contribution in [0, 0.1) is 11.3 Å². The SMILES string of the molecule is N#Cc1cc2c(s1)S(=O)CCc1cc(=O)n(-c3ccc(Cl)cc3)nc1-2. The lowest BCUT2D eigenvalue weighted by Gasteiger charge is -2.10. The van der Waals surface area contributed by atoms with E-state index < -0.39 is 10.8 Å². The van der Waals surface area contributed by atoms with Crippen LogP contribution in [0.5, 0.6) is 0 Å². The van der Waals surface area contributed by atoms with Crippen molar-refractivity contribution in [1.29, 1.82) is 5.26 Å². The summed E-state index contributed by atoms with van der Waals surface area (Å²) in [5.41, 5.74) is 2.37. The molecule has 0 radical (unpaired) electrons. The van der Waals surface area contributed by atoms with E-state index in [2.05, 4.69) is 11.2 Å². The van der Waals surface area contributed by atoms with Crippen LogP contribution in [-0.4, -0.2) is 19.7 Å². The molecule has 0 N–H and O–H groups in total. The first-order valence-electron chi connectivity index (χ1n) is 7.38. The largest absolute Gasteiger partial charge is 0.271 e. The van der Waals surface area contributed by atoms with Crippen molar-refractivity contribution in [3.8, 4) is 23.0 Å². The van der Waals surface area contributed by atoms with Gasteiger partial charge in [0.2, 0.25) is 0 Å². The molecule has 0 aliphatic carbocycles. The van der Waals surface area contributed by atoms with Crippen molar-refractivity contribution in [1.82, 2.24) is 9.78 Å². The molecule has 0 bridgehead atoms. The molecule has 8 heteroatoms. The summed E-state index contributed by atoms with van der Waals surface area (Å²) < 4.78 is 14.4. The first kappa shape index (κ1) is 16.2. The van der Waals surface area contributed by atoms with Crippen molar-refractivity contribution < 1.29 is 4.21 Å². The minimum atomic E-state index is -1.20. The number of fused-ring (bicyclic) bond motifs is 3. The van der Waals surface area contributed by atoms with Gasteiger partial charge in [0.1, 0.15) is 15.2 Å². The van der Waals surface area contributed by atoms with Gasteiger partial charge in [0.25, 0.3) is 5.56 Å². The fourth-order valence-corrected chi connectivity index (χ4v) is 5.43. The smallest absolute Gasteiger partial charge is 0.267 e. The Kier molecular flexibility index (Phi) is 4.04. The number of thiophene rings is 1. The Balaban J connectivity index is 1.97. The average molecular weight is 388 g/mol. The van der Waals surface area contributed by atoms with E-state index in [1.165, 1.54) is 22.1 Å². The van der Waals surface area contributed by atoms with Gasteiger partial charge in [0.05, 0.1) is 22.2 Å². The quantitative estimate of drug-likeness (QED) is 0.642. The second kappa shape index (κ2) is 6.23. The predicted molar refractivity (Wildman–Crippen MR) is 97.9 cm³/mol. The van der Waals surface area contributed by atoms with Crippen LogP contribution >= 0.6 is 22.9 Å². The number of halogens is 1. The van der Waals surface area contributed by atoms with Crippen LogP contribution in [-0.2, 0) is 17.2 Å². The Morgan fingerprint density at radius 3 is 2.76 bits per heavy atom. The monoisotopic (exact) mass is 387 g/mol. The number of hydrogen-bond acceptors (Lipinski definition) is 5. The van der Waals surface area contributed by atoms with Crippen molar-refractivity contribution in [2.45, 2.75) is 10.6 Å². The maximum absolute atomic E-state index is 12.5. The third-order valence-electron chi connectivity index (χ3n) is 3.91. The number of nitriles is 1. The van der Waals surface area contributed by atoms with Crippen molar-refractivity contribution in [2.24, 2.45) is 0 Å². The summed E-state index contributed by atoms with van der Waals surface area (Å²) in [6, 6.07) is 12.1. The highest BCUT2D eigenvalue weighted by molar-refractivity contribution is 7.87. The fourth-order valence-electron chi connectivity index (χ4n) is 2.74. The number of nitrogens with zero attached hydrogens (tertiary/aromatic N) is 3. The molecule has 1 atom stereocenters. The fraction of sp³-hybridized carbons (Fsp3) is 0.118. The molecule has 124 valence electrons. The van der Waals surface area contributed by atoms with Crippen molar-refractivity contribution >= 4 is 33.7 Å². The number of aromatic nitrogens is 2. The zero-order valence-corrected chi connectivity index (χ0v) is 15.1. The van der Waals surface area contributed by atoms with Crippen LogP contribution in [0.3, 0.4) is 0 Å². The molecule has 0 saturated heterocycles. The van der Waals surface area contributed by atoms with Crippen LogP contribution in [0.4, 0.5) is 0 Å². The summed E-state index contributed by atoms with van der Waals surface area (Å²) in [6.45, 7) is 0. The molecule has 0 saturated carbocycles. The van der Waals surface area contributed by atoms with Gasteiger partial charge in [-0.1, -0.05) is 11.6 Å². The standard InChI is InChI=1S/C17H10ClN3O2S2/c18-11-1-3-12(4-2-11)21-15(22)7-10-5-6-25(23)17-14(16(10)20-21)8-13(9-19)24-17/h1-4,7-8H,5-6H2. The number of rotatable bonds is 1. The van der Waals surface area contributed by atoms with Gasteiger partial charge < -0.3 is 0 Å². The lowest BCUT2D eigenvalue weighted by molar-refractivity contribution is 0.684. The molecule has 0 amide bonds. The molecule has 25 heavy (non-hydrogen) atoms. The van der Waals surface area contributed by atoms with E-state index in [0.29, 0.717) is 43.2 Å². The van der Waals surface area contributed by atoms with Crippen LogP contribution in [0.2, 0.25) is 5.02 Å². The summed E-state index contributed by atoms with van der Waals surface area (Å²) in [7, 11) is -1.20. The van der Waals surface area contributed by atoms with E-state index in [1.54, 1.807) is 30.3 Å². The molecule has 2 aromatic heterocycles. The van der Waals surface area contributed by atoms with Crippen LogP contribution in [0.1, 0.15) is 10.4 Å². The minimum absolute atomic E-state index is 0.258. The molecule has 3 heterocycles. The highest BCUT2D eigenvalue weighted by atomic mass is 35.5. The molecule has 0 fully saturated rings. The predicted octanol–water partition coefficient (Wildman–Crippen LogP) is 3.15. The second-order valence-electron chi connectivity index (χ2n) is 5.47. The maximum Gasteiger partial charge on any atom is 0.271 e. The van der Waals surface area contributed by atoms with Crippen molar-refractivity contribution in [3.63, 3.8) is 0 Å². The van der Waals surface area contributed by atoms with E-state index in [9.17, 15) is 9.00 Å². The molecule has 1 aliphatic rings. The molecule has 1 aliphatic heterocycles. The van der Waals surface area contributed by atoms with E-state index in [1.807, 2.05) is 0 Å². The first-order chi connectivity index (χ1) is 12.1. The van der Waals surface area contributed by atoms with Gasteiger partial charge in [-0.05, 0) is 42.3 Å². The molecule has 1 aromatic carbocycles. The highest BCUT2D eigenvalue weighted by Gasteiger charge is 2.25. The highest BCUT2D eigenvalue weighted by Crippen LogP contribution is 2.37. The van der Waals surface area contributed by atoms with E-state index in [4.69, 9.17) is 16.9 Å². The third-order valence-corrected chi connectivity index (χ3v) is 7.01. The minimum Gasteiger partial charge on any atom is -0.267 e. The zero-order chi connectivity index (χ0) is 17.6. The number of benzene rings is 1. The second-order valence-corrected chi connectivity index (χ2v) is 8.72. The molecule has 4 rings (SSSR count). The Morgan fingerprint density at radius 1 is 1.28 bits per heavy atom. The average Bonchev–Trinajstić information content (AvgIpc) is 3.00. The molecule has 5 nitrogen and oxygen atoms in total. The molecule has 1 unspecified atom stereocenters. The number of aryl methyl sites for hydroxylation is 1. The molecular weight excluding hydrogens is 378 g/mol. The molecular formula is C17H10ClN3O2S2. The summed E-state index contributed by atoms with van der Waals surface area (Å²) in [5.74, 6) is 0.414. The summed E-state index contributed by atoms with van der Waals surface area (Å²) in [6.07, 6.45) is 0.509.